The average Bonchev–Trinajstić information content (AvgIpc) is 3.12. The summed E-state index contributed by atoms with van der Waals surface area (Å²) >= 11 is 1.25. The number of aliphatic imine (C=N–C) groups is 1. The normalized spacial score (nSPS) is 19.1. The lowest BCUT2D eigenvalue weighted by Crippen LogP contribution is -2.31. The molecule has 1 aliphatic heterocycles. The quantitative estimate of drug-likeness (QED) is 0.636. The Hall–Kier alpha value is -2.35. The van der Waals surface area contributed by atoms with Crippen LogP contribution in [0.3, 0.4) is 0 Å². The van der Waals surface area contributed by atoms with E-state index >= 15 is 0 Å². The van der Waals surface area contributed by atoms with Gasteiger partial charge in [-0.15, -0.1) is 11.3 Å². The number of hydrogen-bond acceptors (Lipinski definition) is 5. The molecule has 1 aromatic carbocycles. The first-order chi connectivity index (χ1) is 13.4. The van der Waals surface area contributed by atoms with Crippen LogP contribution >= 0.6 is 11.3 Å². The first-order valence-corrected chi connectivity index (χ1v) is 9.98. The van der Waals surface area contributed by atoms with Gasteiger partial charge in [-0.05, 0) is 30.2 Å². The fourth-order valence-corrected chi connectivity index (χ4v) is 3.85. The Labute approximate surface area is 166 Å². The SMILES string of the molecule is CCCCCOc1ccc(C2(c3csc(N)n3)C=CC=NC2)cc1C(F)(F)F. The highest BCUT2D eigenvalue weighted by Crippen LogP contribution is 2.42. The number of anilines is 1. The van der Waals surface area contributed by atoms with Crippen molar-refractivity contribution in [1.29, 1.82) is 0 Å². The monoisotopic (exact) mass is 409 g/mol. The molecule has 8 heteroatoms. The van der Waals surface area contributed by atoms with E-state index in [4.69, 9.17) is 10.5 Å². The second-order valence-electron chi connectivity index (χ2n) is 6.66. The van der Waals surface area contributed by atoms with Gasteiger partial charge in [0.2, 0.25) is 0 Å². The number of alkyl halides is 3. The summed E-state index contributed by atoms with van der Waals surface area (Å²) in [4.78, 5) is 8.60. The summed E-state index contributed by atoms with van der Waals surface area (Å²) in [5.41, 5.74) is 5.15. The molecule has 2 heterocycles. The lowest BCUT2D eigenvalue weighted by atomic mass is 9.76. The molecule has 3 rings (SSSR count). The Morgan fingerprint density at radius 1 is 1.29 bits per heavy atom. The first kappa shape index (κ1) is 20.4. The maximum absolute atomic E-state index is 13.7. The summed E-state index contributed by atoms with van der Waals surface area (Å²) in [5.74, 6) is -0.149. The van der Waals surface area contributed by atoms with E-state index in [1.807, 2.05) is 13.0 Å². The molecule has 0 bridgehead atoms. The molecular formula is C20H22F3N3OS. The Kier molecular flexibility index (Phi) is 6.07. The minimum absolute atomic E-state index is 0.149. The van der Waals surface area contributed by atoms with Crippen molar-refractivity contribution >= 4 is 22.7 Å². The van der Waals surface area contributed by atoms with Crippen molar-refractivity contribution in [3.8, 4) is 5.75 Å². The van der Waals surface area contributed by atoms with E-state index in [1.54, 1.807) is 23.7 Å². The summed E-state index contributed by atoms with van der Waals surface area (Å²) in [6.07, 6.45) is 3.25. The summed E-state index contributed by atoms with van der Waals surface area (Å²) in [5, 5.41) is 2.13. The lowest BCUT2D eigenvalue weighted by molar-refractivity contribution is -0.139. The van der Waals surface area contributed by atoms with E-state index in [0.29, 0.717) is 16.4 Å². The number of thiazole rings is 1. The Morgan fingerprint density at radius 3 is 2.71 bits per heavy atom. The fraction of sp³-hybridized carbons (Fsp3) is 0.400. The molecule has 1 atom stereocenters. The van der Waals surface area contributed by atoms with E-state index < -0.39 is 17.2 Å². The number of benzene rings is 1. The number of hydrogen-bond donors (Lipinski definition) is 1. The summed E-state index contributed by atoms with van der Waals surface area (Å²) in [6, 6.07) is 4.20. The van der Waals surface area contributed by atoms with Crippen LogP contribution in [0.25, 0.3) is 0 Å². The highest BCUT2D eigenvalue weighted by molar-refractivity contribution is 7.13. The van der Waals surface area contributed by atoms with Gasteiger partial charge in [0.05, 0.1) is 29.8 Å². The van der Waals surface area contributed by atoms with Gasteiger partial charge in [-0.25, -0.2) is 4.98 Å². The number of halogens is 3. The number of dihydropyridines is 1. The molecule has 0 saturated carbocycles. The zero-order valence-corrected chi connectivity index (χ0v) is 16.3. The molecule has 2 aromatic rings. The Balaban J connectivity index is 2.02. The molecule has 0 spiro atoms. The molecule has 1 aromatic heterocycles. The maximum Gasteiger partial charge on any atom is 0.419 e. The van der Waals surface area contributed by atoms with E-state index in [0.717, 1.165) is 25.3 Å². The molecule has 1 aliphatic rings. The van der Waals surface area contributed by atoms with Crippen LogP contribution in [0.5, 0.6) is 5.75 Å². The van der Waals surface area contributed by atoms with Crippen LogP contribution in [0.4, 0.5) is 18.3 Å². The molecule has 0 amide bonds. The number of rotatable bonds is 7. The third-order valence-corrected chi connectivity index (χ3v) is 5.37. The van der Waals surface area contributed by atoms with Crippen molar-refractivity contribution in [2.45, 2.75) is 37.8 Å². The molecule has 4 nitrogen and oxygen atoms in total. The van der Waals surface area contributed by atoms with Gasteiger partial charge < -0.3 is 10.5 Å². The predicted octanol–water partition coefficient (Wildman–Crippen LogP) is 5.24. The van der Waals surface area contributed by atoms with Gasteiger partial charge in [-0.3, -0.25) is 4.99 Å². The highest BCUT2D eigenvalue weighted by atomic mass is 32.1. The van der Waals surface area contributed by atoms with Crippen molar-refractivity contribution in [1.82, 2.24) is 4.98 Å². The van der Waals surface area contributed by atoms with E-state index in [9.17, 15) is 13.2 Å². The Morgan fingerprint density at radius 2 is 2.11 bits per heavy atom. The van der Waals surface area contributed by atoms with Gasteiger partial charge in [0.1, 0.15) is 5.75 Å². The van der Waals surface area contributed by atoms with Crippen molar-refractivity contribution in [3.05, 3.63) is 52.6 Å². The molecule has 150 valence electrons. The van der Waals surface area contributed by atoms with Crippen LogP contribution in [-0.4, -0.2) is 24.4 Å². The van der Waals surface area contributed by atoms with Gasteiger partial charge in [0.25, 0.3) is 0 Å². The number of allylic oxidation sites excluding steroid dienone is 1. The number of nitrogen functional groups attached to an aromatic ring is 1. The molecule has 0 radical (unpaired) electrons. The molecular weight excluding hydrogens is 387 g/mol. The average molecular weight is 409 g/mol. The second-order valence-corrected chi connectivity index (χ2v) is 7.55. The van der Waals surface area contributed by atoms with E-state index in [-0.39, 0.29) is 18.9 Å². The standard InChI is InChI=1S/C20H22F3N3OS/c1-2-3-4-10-27-16-7-6-14(11-15(16)20(21,22)23)19(8-5-9-25-13-19)17-12-28-18(24)26-17/h5-9,11-12H,2-4,10,13H2,1H3,(H2,24,26). The molecule has 1 unspecified atom stereocenters. The fourth-order valence-electron chi connectivity index (χ4n) is 3.20. The predicted molar refractivity (Wildman–Crippen MR) is 106 cm³/mol. The lowest BCUT2D eigenvalue weighted by Gasteiger charge is -2.30. The van der Waals surface area contributed by atoms with E-state index in [1.165, 1.54) is 17.4 Å². The molecule has 0 saturated heterocycles. The maximum atomic E-state index is 13.7. The van der Waals surface area contributed by atoms with Crippen molar-refractivity contribution in [2.24, 2.45) is 4.99 Å². The van der Waals surface area contributed by atoms with Crippen LogP contribution < -0.4 is 10.5 Å². The minimum atomic E-state index is -4.53. The van der Waals surface area contributed by atoms with Crippen molar-refractivity contribution in [2.75, 3.05) is 18.9 Å². The topological polar surface area (TPSA) is 60.5 Å². The van der Waals surface area contributed by atoms with Crippen molar-refractivity contribution in [3.63, 3.8) is 0 Å². The van der Waals surface area contributed by atoms with E-state index in [2.05, 4.69) is 9.98 Å². The summed E-state index contributed by atoms with van der Waals surface area (Å²) < 4.78 is 46.7. The smallest absolute Gasteiger partial charge is 0.419 e. The number of unbranched alkanes of at least 4 members (excludes halogenated alkanes) is 2. The molecule has 28 heavy (non-hydrogen) atoms. The Bertz CT molecular complexity index is 876. The largest absolute Gasteiger partial charge is 0.493 e. The second kappa shape index (κ2) is 8.34. The van der Waals surface area contributed by atoms with Crippen LogP contribution in [0, 0.1) is 0 Å². The van der Waals surface area contributed by atoms with Gasteiger partial charge in [0, 0.05) is 11.6 Å². The van der Waals surface area contributed by atoms with Crippen molar-refractivity contribution < 1.29 is 17.9 Å². The summed E-state index contributed by atoms with van der Waals surface area (Å²) in [7, 11) is 0. The number of nitrogens with two attached hydrogens (primary N) is 1. The zero-order chi connectivity index (χ0) is 20.2. The van der Waals surface area contributed by atoms with Crippen LogP contribution in [0.1, 0.15) is 43.0 Å². The molecule has 2 N–H and O–H groups in total. The molecule has 0 fully saturated rings. The van der Waals surface area contributed by atoms with Crippen LogP contribution in [0.15, 0.2) is 40.7 Å². The third-order valence-electron chi connectivity index (χ3n) is 4.70. The van der Waals surface area contributed by atoms with Gasteiger partial charge in [0.15, 0.2) is 5.13 Å². The minimum Gasteiger partial charge on any atom is -0.493 e. The summed E-state index contributed by atoms with van der Waals surface area (Å²) in [6.45, 7) is 2.55. The van der Waals surface area contributed by atoms with Crippen LogP contribution in [-0.2, 0) is 11.6 Å². The highest BCUT2D eigenvalue weighted by Gasteiger charge is 2.40. The van der Waals surface area contributed by atoms with Crippen LogP contribution in [0.2, 0.25) is 0 Å². The number of aromatic nitrogens is 1. The van der Waals surface area contributed by atoms with Gasteiger partial charge in [-0.1, -0.05) is 31.9 Å². The first-order valence-electron chi connectivity index (χ1n) is 9.10. The van der Waals surface area contributed by atoms with Gasteiger partial charge in [-0.2, -0.15) is 13.2 Å². The number of ether oxygens (including phenoxy) is 1. The zero-order valence-electron chi connectivity index (χ0n) is 15.5. The molecule has 0 aliphatic carbocycles. The van der Waals surface area contributed by atoms with Gasteiger partial charge >= 0.3 is 6.18 Å². The number of nitrogens with zero attached hydrogens (tertiary/aromatic N) is 2. The third kappa shape index (κ3) is 4.22.